The first-order valence-corrected chi connectivity index (χ1v) is 8.50. The van der Waals surface area contributed by atoms with Crippen molar-refractivity contribution in [2.75, 3.05) is 6.26 Å². The molecule has 0 saturated heterocycles. The van der Waals surface area contributed by atoms with Gasteiger partial charge in [0.25, 0.3) is 5.69 Å². The number of imidazole rings is 1. The predicted molar refractivity (Wildman–Crippen MR) is 87.0 cm³/mol. The van der Waals surface area contributed by atoms with Crippen molar-refractivity contribution in [2.24, 2.45) is 7.05 Å². The molecule has 1 aromatic carbocycles. The van der Waals surface area contributed by atoms with Crippen molar-refractivity contribution in [1.29, 1.82) is 0 Å². The molecule has 0 spiro atoms. The highest BCUT2D eigenvalue weighted by Gasteiger charge is 2.23. The fourth-order valence-electron chi connectivity index (χ4n) is 2.31. The molecular weight excluding hydrogens is 348 g/mol. The van der Waals surface area contributed by atoms with Crippen molar-refractivity contribution < 1.29 is 13.9 Å². The Balaban J connectivity index is 2.13. The molecular formula is C14H12N6O4S. The summed E-state index contributed by atoms with van der Waals surface area (Å²) >= 11 is 0. The van der Waals surface area contributed by atoms with Crippen LogP contribution in [0.25, 0.3) is 5.69 Å². The molecule has 0 N–H and O–H groups in total. The van der Waals surface area contributed by atoms with Crippen LogP contribution in [0.4, 0.5) is 5.69 Å². The average Bonchev–Trinajstić information content (AvgIpc) is 3.22. The minimum atomic E-state index is -1.49. The smallest absolute Gasteiger partial charge is 0.294 e. The number of nitro groups is 1. The quantitative estimate of drug-likeness (QED) is 0.375. The summed E-state index contributed by atoms with van der Waals surface area (Å²) in [4.78, 5) is 27.3. The van der Waals surface area contributed by atoms with Gasteiger partial charge >= 0.3 is 0 Å². The van der Waals surface area contributed by atoms with Gasteiger partial charge in [-0.1, -0.05) is 0 Å². The second-order valence-electron chi connectivity index (χ2n) is 5.09. The zero-order chi connectivity index (χ0) is 18.1. The van der Waals surface area contributed by atoms with E-state index in [9.17, 15) is 19.1 Å². The Morgan fingerprint density at radius 1 is 1.36 bits per heavy atom. The van der Waals surface area contributed by atoms with E-state index in [-0.39, 0.29) is 27.9 Å². The van der Waals surface area contributed by atoms with Gasteiger partial charge in [0.1, 0.15) is 12.0 Å². The summed E-state index contributed by atoms with van der Waals surface area (Å²) in [5, 5.41) is 18.9. The van der Waals surface area contributed by atoms with E-state index in [0.717, 1.165) is 6.07 Å². The Morgan fingerprint density at radius 2 is 2.12 bits per heavy atom. The third kappa shape index (κ3) is 2.96. The maximum Gasteiger partial charge on any atom is 0.294 e. The number of nitrogens with zero attached hydrogens (tertiary/aromatic N) is 6. The van der Waals surface area contributed by atoms with E-state index in [1.165, 1.54) is 40.0 Å². The first-order valence-electron chi connectivity index (χ1n) is 6.94. The molecule has 0 aliphatic rings. The van der Waals surface area contributed by atoms with Crippen molar-refractivity contribution in [3.8, 4) is 5.69 Å². The van der Waals surface area contributed by atoms with Gasteiger partial charge in [-0.3, -0.25) is 23.7 Å². The van der Waals surface area contributed by atoms with Crippen molar-refractivity contribution in [3.63, 3.8) is 0 Å². The largest absolute Gasteiger partial charge is 0.331 e. The Kier molecular flexibility index (Phi) is 4.23. The lowest BCUT2D eigenvalue weighted by Crippen LogP contribution is -2.10. The topological polar surface area (TPSA) is 126 Å². The molecule has 1 unspecified atom stereocenters. The van der Waals surface area contributed by atoms with Gasteiger partial charge in [-0.05, 0) is 12.1 Å². The molecule has 1 atom stereocenters. The molecule has 0 aliphatic carbocycles. The molecule has 2 heterocycles. The second-order valence-corrected chi connectivity index (χ2v) is 6.36. The first kappa shape index (κ1) is 16.6. The molecule has 128 valence electrons. The molecule has 3 aromatic rings. The third-order valence-corrected chi connectivity index (χ3v) is 4.28. The number of aromatic nitrogens is 5. The second kappa shape index (κ2) is 6.36. The van der Waals surface area contributed by atoms with E-state index in [0.29, 0.717) is 0 Å². The number of ketones is 1. The van der Waals surface area contributed by atoms with Crippen LogP contribution in [0, 0.1) is 10.1 Å². The molecule has 3 rings (SSSR count). The highest BCUT2D eigenvalue weighted by Crippen LogP contribution is 2.26. The Hall–Kier alpha value is -3.21. The van der Waals surface area contributed by atoms with Gasteiger partial charge in [0.15, 0.2) is 5.82 Å². The van der Waals surface area contributed by atoms with E-state index >= 15 is 0 Å². The number of carbonyl (C=O) groups excluding carboxylic acids is 1. The number of carbonyl (C=O) groups is 1. The van der Waals surface area contributed by atoms with Crippen molar-refractivity contribution in [1.82, 2.24) is 24.3 Å². The fourth-order valence-corrected chi connectivity index (χ4v) is 2.90. The normalized spacial score (nSPS) is 12.1. The van der Waals surface area contributed by atoms with Crippen LogP contribution in [0.2, 0.25) is 0 Å². The molecule has 0 bridgehead atoms. The first-order chi connectivity index (χ1) is 11.9. The van der Waals surface area contributed by atoms with Crippen LogP contribution in [-0.2, 0) is 17.8 Å². The zero-order valence-electron chi connectivity index (χ0n) is 13.2. The molecule has 0 amide bonds. The molecule has 25 heavy (non-hydrogen) atoms. The van der Waals surface area contributed by atoms with Crippen molar-refractivity contribution in [3.05, 3.63) is 58.4 Å². The van der Waals surface area contributed by atoms with Gasteiger partial charge in [0, 0.05) is 37.3 Å². The Bertz CT molecular complexity index is 1010. The Morgan fingerprint density at radius 3 is 2.72 bits per heavy atom. The highest BCUT2D eigenvalue weighted by molar-refractivity contribution is 7.84. The van der Waals surface area contributed by atoms with Gasteiger partial charge in [-0.15, -0.1) is 10.2 Å². The predicted octanol–water partition coefficient (Wildman–Crippen LogP) is 0.877. The van der Waals surface area contributed by atoms with E-state index in [1.807, 2.05) is 0 Å². The fraction of sp³-hybridized carbons (Fsp3) is 0.143. The minimum Gasteiger partial charge on any atom is -0.331 e. The zero-order valence-corrected chi connectivity index (χ0v) is 14.0. The van der Waals surface area contributed by atoms with Crippen LogP contribution in [0.3, 0.4) is 0 Å². The highest BCUT2D eigenvalue weighted by atomic mass is 32.2. The number of hydrogen-bond acceptors (Lipinski definition) is 7. The summed E-state index contributed by atoms with van der Waals surface area (Å²) in [6, 6.07) is 4.00. The number of hydrogen-bond donors (Lipinski definition) is 0. The minimum absolute atomic E-state index is 0.0753. The van der Waals surface area contributed by atoms with Crippen LogP contribution in [0.1, 0.15) is 16.2 Å². The monoisotopic (exact) mass is 360 g/mol. The maximum atomic E-state index is 12.5. The summed E-state index contributed by atoms with van der Waals surface area (Å²) in [7, 11) is 0.169. The maximum absolute atomic E-state index is 12.5. The summed E-state index contributed by atoms with van der Waals surface area (Å²) in [5.74, 6) is -0.271. The lowest BCUT2D eigenvalue weighted by molar-refractivity contribution is -0.384. The molecule has 10 nitrogen and oxygen atoms in total. The SMILES string of the molecule is Cn1ccnc1C(=O)c1ccc(-n2cnnc2S(C)=O)c([N+](=O)[O-])c1. The van der Waals surface area contributed by atoms with E-state index in [2.05, 4.69) is 15.2 Å². The molecule has 11 heteroatoms. The molecule has 0 radical (unpaired) electrons. The van der Waals surface area contributed by atoms with E-state index in [1.54, 1.807) is 13.2 Å². The van der Waals surface area contributed by atoms with Gasteiger partial charge in [-0.25, -0.2) is 4.98 Å². The van der Waals surface area contributed by atoms with Crippen LogP contribution in [0.5, 0.6) is 0 Å². The van der Waals surface area contributed by atoms with Crippen molar-refractivity contribution in [2.45, 2.75) is 5.16 Å². The van der Waals surface area contributed by atoms with Crippen LogP contribution in [-0.4, -0.2) is 45.5 Å². The van der Waals surface area contributed by atoms with E-state index in [4.69, 9.17) is 0 Å². The van der Waals surface area contributed by atoms with Crippen molar-refractivity contribution >= 4 is 22.3 Å². The molecule has 0 fully saturated rings. The standard InChI is InChI=1S/C14H12N6O4S/c1-18-6-5-15-13(18)12(21)9-3-4-10(11(7-9)20(22)23)19-8-16-17-14(19)25(2)24/h3-8H,1-2H3. The van der Waals surface area contributed by atoms with Gasteiger partial charge in [-0.2, -0.15) is 0 Å². The third-order valence-electron chi connectivity index (χ3n) is 3.49. The molecule has 0 saturated carbocycles. The Labute approximate surface area is 143 Å². The number of nitro benzene ring substituents is 1. The van der Waals surface area contributed by atoms with Crippen LogP contribution >= 0.6 is 0 Å². The van der Waals surface area contributed by atoms with Gasteiger partial charge in [0.05, 0.1) is 15.7 Å². The summed E-state index contributed by atoms with van der Waals surface area (Å²) in [6.45, 7) is 0. The van der Waals surface area contributed by atoms with Gasteiger partial charge in [0.2, 0.25) is 10.9 Å². The molecule has 0 aliphatic heterocycles. The number of rotatable bonds is 5. The van der Waals surface area contributed by atoms with Crippen LogP contribution < -0.4 is 0 Å². The summed E-state index contributed by atoms with van der Waals surface area (Å²) < 4.78 is 14.5. The summed E-state index contributed by atoms with van der Waals surface area (Å²) in [6.07, 6.45) is 5.71. The number of benzene rings is 1. The molecule has 2 aromatic heterocycles. The lowest BCUT2D eigenvalue weighted by Gasteiger charge is -2.07. The summed E-state index contributed by atoms with van der Waals surface area (Å²) in [5.41, 5.74) is -0.0832. The average molecular weight is 360 g/mol. The lowest BCUT2D eigenvalue weighted by atomic mass is 10.1. The van der Waals surface area contributed by atoms with Gasteiger partial charge < -0.3 is 4.57 Å². The van der Waals surface area contributed by atoms with Crippen LogP contribution in [0.15, 0.2) is 42.1 Å². The van der Waals surface area contributed by atoms with E-state index < -0.39 is 21.5 Å². The number of aryl methyl sites for hydroxylation is 1.